The monoisotopic (exact) mass is 229 g/mol. The van der Waals surface area contributed by atoms with Crippen molar-refractivity contribution in [3.63, 3.8) is 0 Å². The smallest absolute Gasteiger partial charge is 0.305 e. The summed E-state index contributed by atoms with van der Waals surface area (Å²) in [6.45, 7) is 1.55. The van der Waals surface area contributed by atoms with E-state index in [4.69, 9.17) is 0 Å². The highest BCUT2D eigenvalue weighted by atomic mass is 16.5. The van der Waals surface area contributed by atoms with Crippen LogP contribution in [0.1, 0.15) is 38.5 Å². The minimum absolute atomic E-state index is 0.256. The van der Waals surface area contributed by atoms with E-state index in [2.05, 4.69) is 10.1 Å². The van der Waals surface area contributed by atoms with Crippen LogP contribution in [0.5, 0.6) is 0 Å². The van der Waals surface area contributed by atoms with Crippen molar-refractivity contribution in [3.05, 3.63) is 0 Å². The summed E-state index contributed by atoms with van der Waals surface area (Å²) in [5, 5.41) is 12.8. The van der Waals surface area contributed by atoms with Crippen molar-refractivity contribution in [2.75, 3.05) is 20.2 Å². The van der Waals surface area contributed by atoms with Gasteiger partial charge in [0, 0.05) is 13.0 Å². The summed E-state index contributed by atoms with van der Waals surface area (Å²) >= 11 is 0. The minimum atomic E-state index is -0.444. The highest BCUT2D eigenvalue weighted by Crippen LogP contribution is 2.28. The van der Waals surface area contributed by atoms with Gasteiger partial charge in [-0.1, -0.05) is 19.3 Å². The molecule has 1 atom stereocenters. The summed E-state index contributed by atoms with van der Waals surface area (Å²) in [7, 11) is 1.37. The lowest BCUT2D eigenvalue weighted by molar-refractivity contribution is -0.141. The molecule has 16 heavy (non-hydrogen) atoms. The Kier molecular flexibility index (Phi) is 6.42. The Morgan fingerprint density at radius 1 is 1.56 bits per heavy atom. The Morgan fingerprint density at radius 2 is 2.31 bits per heavy atom. The van der Waals surface area contributed by atoms with Crippen molar-refractivity contribution in [3.8, 4) is 0 Å². The fourth-order valence-corrected chi connectivity index (χ4v) is 1.84. The number of carbonyl (C=O) groups excluding carboxylic acids is 1. The third-order valence-corrected chi connectivity index (χ3v) is 3.24. The molecular weight excluding hydrogens is 206 g/mol. The second-order valence-corrected chi connectivity index (χ2v) is 4.56. The fourth-order valence-electron chi connectivity index (χ4n) is 1.84. The Bertz CT molecular complexity index is 204. The second-order valence-electron chi connectivity index (χ2n) is 4.56. The average Bonchev–Trinajstić information content (AvgIpc) is 2.23. The summed E-state index contributed by atoms with van der Waals surface area (Å²) in [6.07, 6.45) is 5.65. The van der Waals surface area contributed by atoms with Crippen molar-refractivity contribution < 1.29 is 14.6 Å². The summed E-state index contributed by atoms with van der Waals surface area (Å²) in [4.78, 5) is 10.8. The van der Waals surface area contributed by atoms with Crippen molar-refractivity contribution in [1.82, 2.24) is 5.32 Å². The van der Waals surface area contributed by atoms with Crippen LogP contribution in [0.4, 0.5) is 0 Å². The molecule has 0 radical (unpaired) electrons. The van der Waals surface area contributed by atoms with Gasteiger partial charge in [0.2, 0.25) is 0 Å². The van der Waals surface area contributed by atoms with E-state index in [9.17, 15) is 9.90 Å². The zero-order valence-electron chi connectivity index (χ0n) is 10.1. The molecule has 0 aromatic heterocycles. The quantitative estimate of drug-likeness (QED) is 0.483. The molecule has 1 fully saturated rings. The summed E-state index contributed by atoms with van der Waals surface area (Å²) in [5.41, 5.74) is 0. The number of hydrogen-bond donors (Lipinski definition) is 2. The number of rotatable bonds is 8. The fraction of sp³-hybridized carbons (Fsp3) is 0.917. The van der Waals surface area contributed by atoms with E-state index in [1.54, 1.807) is 0 Å². The standard InChI is InChI=1S/C12H23NO3/c1-16-12(15)6-5-11(14)9-13-8-7-10-3-2-4-10/h10-11,13-14H,2-9H2,1H3. The van der Waals surface area contributed by atoms with E-state index < -0.39 is 6.10 Å². The zero-order chi connectivity index (χ0) is 11.8. The van der Waals surface area contributed by atoms with Crippen molar-refractivity contribution in [2.45, 2.75) is 44.6 Å². The largest absolute Gasteiger partial charge is 0.469 e. The summed E-state index contributed by atoms with van der Waals surface area (Å²) in [5.74, 6) is 0.647. The SMILES string of the molecule is COC(=O)CCC(O)CNCCC1CCC1. The van der Waals surface area contributed by atoms with E-state index in [-0.39, 0.29) is 5.97 Å². The molecular formula is C12H23NO3. The first-order chi connectivity index (χ1) is 7.72. The number of ether oxygens (including phenoxy) is 1. The first kappa shape index (κ1) is 13.5. The van der Waals surface area contributed by atoms with Gasteiger partial charge in [0.1, 0.15) is 0 Å². The highest BCUT2D eigenvalue weighted by molar-refractivity contribution is 5.69. The molecule has 0 aromatic carbocycles. The molecule has 1 aliphatic rings. The molecule has 2 N–H and O–H groups in total. The Balaban J connectivity index is 1.88. The molecule has 1 rings (SSSR count). The van der Waals surface area contributed by atoms with E-state index in [0.717, 1.165) is 12.5 Å². The zero-order valence-corrected chi connectivity index (χ0v) is 10.1. The summed E-state index contributed by atoms with van der Waals surface area (Å²) < 4.78 is 4.51. The maximum absolute atomic E-state index is 10.8. The number of hydrogen-bond acceptors (Lipinski definition) is 4. The van der Waals surface area contributed by atoms with E-state index in [1.165, 1.54) is 32.8 Å². The third kappa shape index (κ3) is 5.47. The number of nitrogens with one attached hydrogen (secondary N) is 1. The Hall–Kier alpha value is -0.610. The average molecular weight is 229 g/mol. The number of esters is 1. The predicted octanol–water partition coefficient (Wildman–Crippen LogP) is 1.08. The molecule has 1 unspecified atom stereocenters. The van der Waals surface area contributed by atoms with Gasteiger partial charge in [-0.05, 0) is 25.3 Å². The van der Waals surface area contributed by atoms with Gasteiger partial charge in [-0.3, -0.25) is 4.79 Å². The third-order valence-electron chi connectivity index (χ3n) is 3.24. The Labute approximate surface area is 97.4 Å². The molecule has 0 amide bonds. The van der Waals surface area contributed by atoms with Gasteiger partial charge in [0.25, 0.3) is 0 Å². The van der Waals surface area contributed by atoms with Gasteiger partial charge in [-0.25, -0.2) is 0 Å². The van der Waals surface area contributed by atoms with Crippen LogP contribution in [0.25, 0.3) is 0 Å². The van der Waals surface area contributed by atoms with Crippen LogP contribution in [0.15, 0.2) is 0 Å². The number of aliphatic hydroxyl groups is 1. The highest BCUT2D eigenvalue weighted by Gasteiger charge is 2.16. The van der Waals surface area contributed by atoms with E-state index in [1.807, 2.05) is 0 Å². The van der Waals surface area contributed by atoms with E-state index >= 15 is 0 Å². The van der Waals surface area contributed by atoms with Crippen LogP contribution >= 0.6 is 0 Å². The molecule has 1 aliphatic carbocycles. The van der Waals surface area contributed by atoms with Gasteiger partial charge >= 0.3 is 5.97 Å². The van der Waals surface area contributed by atoms with Crippen LogP contribution in [0.2, 0.25) is 0 Å². The molecule has 94 valence electrons. The van der Waals surface area contributed by atoms with Gasteiger partial charge in [0.15, 0.2) is 0 Å². The Morgan fingerprint density at radius 3 is 2.88 bits per heavy atom. The van der Waals surface area contributed by atoms with Crippen LogP contribution in [-0.2, 0) is 9.53 Å². The molecule has 0 aromatic rings. The van der Waals surface area contributed by atoms with Gasteiger partial charge in [-0.15, -0.1) is 0 Å². The first-order valence-electron chi connectivity index (χ1n) is 6.18. The molecule has 4 nitrogen and oxygen atoms in total. The molecule has 1 saturated carbocycles. The molecule has 0 aliphatic heterocycles. The maximum Gasteiger partial charge on any atom is 0.305 e. The number of aliphatic hydroxyl groups excluding tert-OH is 1. The number of methoxy groups -OCH3 is 1. The normalized spacial score (nSPS) is 17.9. The predicted molar refractivity (Wildman–Crippen MR) is 62.1 cm³/mol. The molecule has 0 bridgehead atoms. The topological polar surface area (TPSA) is 58.6 Å². The van der Waals surface area contributed by atoms with Crippen molar-refractivity contribution in [1.29, 1.82) is 0 Å². The van der Waals surface area contributed by atoms with Crippen LogP contribution in [0, 0.1) is 5.92 Å². The molecule has 0 heterocycles. The van der Waals surface area contributed by atoms with Crippen LogP contribution in [0.3, 0.4) is 0 Å². The van der Waals surface area contributed by atoms with Gasteiger partial charge < -0.3 is 15.2 Å². The van der Waals surface area contributed by atoms with Crippen LogP contribution < -0.4 is 5.32 Å². The maximum atomic E-state index is 10.8. The first-order valence-corrected chi connectivity index (χ1v) is 6.18. The second kappa shape index (κ2) is 7.63. The molecule has 4 heteroatoms. The summed E-state index contributed by atoms with van der Waals surface area (Å²) in [6, 6.07) is 0. The molecule has 0 saturated heterocycles. The lowest BCUT2D eigenvalue weighted by atomic mass is 9.83. The minimum Gasteiger partial charge on any atom is -0.469 e. The van der Waals surface area contributed by atoms with Crippen LogP contribution in [-0.4, -0.2) is 37.4 Å². The molecule has 0 spiro atoms. The lowest BCUT2D eigenvalue weighted by Crippen LogP contribution is -2.29. The lowest BCUT2D eigenvalue weighted by Gasteiger charge is -2.25. The van der Waals surface area contributed by atoms with Gasteiger partial charge in [-0.2, -0.15) is 0 Å². The van der Waals surface area contributed by atoms with Gasteiger partial charge in [0.05, 0.1) is 13.2 Å². The van der Waals surface area contributed by atoms with E-state index in [0.29, 0.717) is 19.4 Å². The van der Waals surface area contributed by atoms with Crippen molar-refractivity contribution >= 4 is 5.97 Å². The number of carbonyl (C=O) groups is 1. The van der Waals surface area contributed by atoms with Crippen molar-refractivity contribution in [2.24, 2.45) is 5.92 Å².